The minimum Gasteiger partial charge on any atom is -0.308 e. The van der Waals surface area contributed by atoms with Crippen molar-refractivity contribution in [3.05, 3.63) is 62.3 Å². The summed E-state index contributed by atoms with van der Waals surface area (Å²) in [7, 11) is 0. The van der Waals surface area contributed by atoms with E-state index in [1.807, 2.05) is 13.8 Å². The summed E-state index contributed by atoms with van der Waals surface area (Å²) in [5, 5.41) is 6.73. The minimum absolute atomic E-state index is 0.0930. The van der Waals surface area contributed by atoms with Gasteiger partial charge in [0.1, 0.15) is 5.82 Å². The Bertz CT molecular complexity index is 979. The molecule has 9 heteroatoms. The van der Waals surface area contributed by atoms with E-state index in [2.05, 4.69) is 17.3 Å². The van der Waals surface area contributed by atoms with Crippen LogP contribution in [-0.2, 0) is 25.8 Å². The fourth-order valence-electron chi connectivity index (χ4n) is 2.92. The van der Waals surface area contributed by atoms with Crippen LogP contribution in [0.25, 0.3) is 11.1 Å². The van der Waals surface area contributed by atoms with E-state index < -0.39 is 17.7 Å². The number of nitrogens with one attached hydrogen (secondary N) is 1. The van der Waals surface area contributed by atoms with E-state index in [0.717, 1.165) is 28.2 Å². The lowest BCUT2D eigenvalue weighted by atomic mass is 10.1. The molecular formula is C21H24ClF4N3S. The lowest BCUT2D eigenvalue weighted by molar-refractivity contribution is -0.141. The number of aromatic nitrogens is 2. The Kier molecular flexibility index (Phi) is 8.46. The second-order valence-corrected chi connectivity index (χ2v) is 7.94. The molecule has 0 fully saturated rings. The predicted molar refractivity (Wildman–Crippen MR) is 114 cm³/mol. The van der Waals surface area contributed by atoms with Crippen molar-refractivity contribution in [3.8, 4) is 11.1 Å². The van der Waals surface area contributed by atoms with Crippen molar-refractivity contribution in [1.82, 2.24) is 15.1 Å². The highest BCUT2D eigenvalue weighted by molar-refractivity contribution is 7.16. The average molecular weight is 462 g/mol. The first-order valence-corrected chi connectivity index (χ1v) is 10.8. The van der Waals surface area contributed by atoms with E-state index in [-0.39, 0.29) is 17.7 Å². The molecule has 3 nitrogen and oxygen atoms in total. The summed E-state index contributed by atoms with van der Waals surface area (Å²) in [6.45, 7) is 10.1. The number of halogens is 5. The number of nitrogens with zero attached hydrogens (tertiary/aromatic N) is 2. The zero-order chi connectivity index (χ0) is 22.5. The fourth-order valence-corrected chi connectivity index (χ4v) is 4.33. The molecule has 0 spiro atoms. The first kappa shape index (κ1) is 24.4. The molecular weight excluding hydrogens is 438 g/mol. The van der Waals surface area contributed by atoms with E-state index in [0.29, 0.717) is 0 Å². The van der Waals surface area contributed by atoms with Crippen molar-refractivity contribution in [2.75, 3.05) is 0 Å². The van der Waals surface area contributed by atoms with Gasteiger partial charge in [-0.1, -0.05) is 43.6 Å². The molecule has 1 aliphatic heterocycles. The molecule has 0 aliphatic carbocycles. The van der Waals surface area contributed by atoms with Gasteiger partial charge in [0, 0.05) is 41.8 Å². The third-order valence-electron chi connectivity index (χ3n) is 4.40. The highest BCUT2D eigenvalue weighted by Crippen LogP contribution is 2.37. The number of fused-ring (bicyclic) bond motifs is 1. The molecule has 0 bridgehead atoms. The Balaban J connectivity index is 0.000000224. The predicted octanol–water partition coefficient (Wildman–Crippen LogP) is 7.07. The van der Waals surface area contributed by atoms with Crippen LogP contribution in [0.2, 0.25) is 4.34 Å². The molecule has 1 aromatic carbocycles. The van der Waals surface area contributed by atoms with Gasteiger partial charge in [0.15, 0.2) is 5.69 Å². The lowest BCUT2D eigenvalue weighted by Gasteiger charge is -2.06. The van der Waals surface area contributed by atoms with Crippen molar-refractivity contribution < 1.29 is 17.6 Å². The van der Waals surface area contributed by atoms with Crippen LogP contribution in [0, 0.1) is 12.7 Å². The average Bonchev–Trinajstić information content (AvgIpc) is 3.41. The molecule has 0 saturated carbocycles. The molecule has 164 valence electrons. The first-order valence-electron chi connectivity index (χ1n) is 9.59. The summed E-state index contributed by atoms with van der Waals surface area (Å²) in [6.07, 6.45) is -3.39. The number of benzene rings is 1. The molecule has 1 N–H and O–H groups in total. The van der Waals surface area contributed by atoms with Crippen LogP contribution in [0.15, 0.2) is 30.5 Å². The maximum absolute atomic E-state index is 13.6. The van der Waals surface area contributed by atoms with E-state index in [1.54, 1.807) is 18.3 Å². The zero-order valence-corrected chi connectivity index (χ0v) is 18.8. The maximum Gasteiger partial charge on any atom is 0.435 e. The largest absolute Gasteiger partial charge is 0.435 e. The van der Waals surface area contributed by atoms with Crippen molar-refractivity contribution in [2.24, 2.45) is 0 Å². The Morgan fingerprint density at radius 1 is 1.17 bits per heavy atom. The molecule has 30 heavy (non-hydrogen) atoms. The normalized spacial score (nSPS) is 12.6. The summed E-state index contributed by atoms with van der Waals surface area (Å²) in [6, 6.07) is 5.35. The summed E-state index contributed by atoms with van der Waals surface area (Å²) in [5.74, 6) is -0.696. The van der Waals surface area contributed by atoms with Crippen LogP contribution >= 0.6 is 22.9 Å². The van der Waals surface area contributed by atoms with Gasteiger partial charge in [-0.2, -0.15) is 18.3 Å². The second-order valence-electron chi connectivity index (χ2n) is 6.23. The molecule has 3 heterocycles. The van der Waals surface area contributed by atoms with E-state index in [9.17, 15) is 17.6 Å². The van der Waals surface area contributed by atoms with Gasteiger partial charge in [0.2, 0.25) is 0 Å². The number of alkyl halides is 3. The van der Waals surface area contributed by atoms with Gasteiger partial charge in [0.25, 0.3) is 0 Å². The Hall–Kier alpha value is -1.90. The van der Waals surface area contributed by atoms with Crippen molar-refractivity contribution in [1.29, 1.82) is 0 Å². The maximum atomic E-state index is 13.6. The molecule has 0 unspecified atom stereocenters. The molecule has 1 aliphatic rings. The summed E-state index contributed by atoms with van der Waals surface area (Å²) in [4.78, 5) is 1.42. The van der Waals surface area contributed by atoms with E-state index >= 15 is 0 Å². The third kappa shape index (κ3) is 5.42. The number of aryl methyl sites for hydroxylation is 1. The van der Waals surface area contributed by atoms with Gasteiger partial charge in [-0.15, -0.1) is 11.3 Å². The van der Waals surface area contributed by atoms with Gasteiger partial charge in [-0.05, 0) is 31.0 Å². The van der Waals surface area contributed by atoms with E-state index in [1.165, 1.54) is 40.4 Å². The smallest absolute Gasteiger partial charge is 0.308 e. The van der Waals surface area contributed by atoms with Crippen LogP contribution < -0.4 is 5.32 Å². The first-order chi connectivity index (χ1) is 14.2. The molecule has 2 aromatic heterocycles. The van der Waals surface area contributed by atoms with Gasteiger partial charge in [-0.25, -0.2) is 4.39 Å². The number of hydrogen-bond donors (Lipinski definition) is 1. The Morgan fingerprint density at radius 2 is 1.83 bits per heavy atom. The number of rotatable bonds is 2. The molecule has 0 amide bonds. The van der Waals surface area contributed by atoms with Gasteiger partial charge in [0.05, 0.1) is 4.34 Å². The SMILES string of the molecule is CC.CCn1cc(-c2ccccc2F)c(C(F)(F)F)n1.Cc1c(Cl)sc2c1CNC2. The van der Waals surface area contributed by atoms with Gasteiger partial charge in [-0.3, -0.25) is 4.68 Å². The quantitative estimate of drug-likeness (QED) is 0.414. The Morgan fingerprint density at radius 3 is 2.40 bits per heavy atom. The standard InChI is InChI=1S/C12H10F4N2.C7H8ClNS.C2H6/c1-2-18-7-9(11(17-18)12(14,15)16)8-5-3-4-6-10(8)13;1-4-5-2-9-3-6(5)10-7(4)8;1-2/h3-7H,2H2,1H3;9H,2-3H2,1H3;1-2H3. The molecule has 0 radical (unpaired) electrons. The number of hydrogen-bond acceptors (Lipinski definition) is 3. The van der Waals surface area contributed by atoms with Crippen LogP contribution in [0.1, 0.15) is 42.5 Å². The molecule has 0 atom stereocenters. The van der Waals surface area contributed by atoms with Crippen LogP contribution in [0.5, 0.6) is 0 Å². The van der Waals surface area contributed by atoms with Gasteiger partial charge < -0.3 is 5.32 Å². The third-order valence-corrected chi connectivity index (χ3v) is 6.04. The zero-order valence-electron chi connectivity index (χ0n) is 17.2. The Labute approximate surface area is 182 Å². The molecule has 3 aromatic rings. The molecule has 4 rings (SSSR count). The van der Waals surface area contributed by atoms with Gasteiger partial charge >= 0.3 is 6.18 Å². The van der Waals surface area contributed by atoms with Crippen molar-refractivity contribution in [3.63, 3.8) is 0 Å². The van der Waals surface area contributed by atoms with Crippen molar-refractivity contribution >= 4 is 22.9 Å². The van der Waals surface area contributed by atoms with E-state index in [4.69, 9.17) is 11.6 Å². The molecule has 0 saturated heterocycles. The fraction of sp³-hybridized carbons (Fsp3) is 0.381. The van der Waals surface area contributed by atoms with Crippen molar-refractivity contribution in [2.45, 2.75) is 53.5 Å². The second kappa shape index (κ2) is 10.4. The highest BCUT2D eigenvalue weighted by atomic mass is 35.5. The monoisotopic (exact) mass is 461 g/mol. The lowest BCUT2D eigenvalue weighted by Crippen LogP contribution is -2.09. The summed E-state index contributed by atoms with van der Waals surface area (Å²) in [5.41, 5.74) is 1.31. The van der Waals surface area contributed by atoms with Crippen LogP contribution in [-0.4, -0.2) is 9.78 Å². The highest BCUT2D eigenvalue weighted by Gasteiger charge is 2.38. The topological polar surface area (TPSA) is 29.9 Å². The minimum atomic E-state index is -4.60. The van der Waals surface area contributed by atoms with Crippen LogP contribution in [0.4, 0.5) is 17.6 Å². The summed E-state index contributed by atoms with van der Waals surface area (Å²) >= 11 is 7.64. The number of thiophene rings is 1. The summed E-state index contributed by atoms with van der Waals surface area (Å²) < 4.78 is 54.1. The van der Waals surface area contributed by atoms with Crippen LogP contribution in [0.3, 0.4) is 0 Å².